The number of amides is 1. The molecule has 1 unspecified atom stereocenters. The molecule has 3 aromatic heterocycles. The Kier molecular flexibility index (Phi) is 4.79. The Morgan fingerprint density at radius 2 is 2.26 bits per heavy atom. The third kappa shape index (κ3) is 3.52. The number of ether oxygens (including phenoxy) is 1. The van der Waals surface area contributed by atoms with E-state index in [1.165, 1.54) is 0 Å². The molecule has 0 aliphatic carbocycles. The fraction of sp³-hybridized carbons (Fsp3) is 0.444. The second kappa shape index (κ2) is 7.24. The Hall–Kier alpha value is -2.52. The van der Waals surface area contributed by atoms with Gasteiger partial charge in [0.25, 0.3) is 5.91 Å². The smallest absolute Gasteiger partial charge is 0.257 e. The van der Waals surface area contributed by atoms with Crippen LogP contribution in [0.5, 0.6) is 0 Å². The van der Waals surface area contributed by atoms with Crippen LogP contribution in [0.4, 0.5) is 0 Å². The molecule has 4 rings (SSSR count). The van der Waals surface area contributed by atoms with Crippen molar-refractivity contribution in [1.29, 1.82) is 0 Å². The molecule has 8 nitrogen and oxygen atoms in total. The molecule has 3 aromatic rings. The average Bonchev–Trinajstić information content (AvgIpc) is 3.40. The van der Waals surface area contributed by atoms with E-state index in [0.29, 0.717) is 37.5 Å². The van der Waals surface area contributed by atoms with Crippen molar-refractivity contribution in [2.45, 2.75) is 26.5 Å². The van der Waals surface area contributed by atoms with E-state index in [9.17, 15) is 4.79 Å². The molecule has 1 aliphatic heterocycles. The Morgan fingerprint density at radius 3 is 2.93 bits per heavy atom. The van der Waals surface area contributed by atoms with Gasteiger partial charge in [-0.05, 0) is 13.8 Å². The van der Waals surface area contributed by atoms with Gasteiger partial charge >= 0.3 is 0 Å². The fourth-order valence-electron chi connectivity index (χ4n) is 3.17. The molecule has 4 heterocycles. The fourth-order valence-corrected chi connectivity index (χ4v) is 4.01. The molecule has 142 valence electrons. The topological polar surface area (TPSA) is 78.1 Å². The first-order valence-electron chi connectivity index (χ1n) is 8.94. The molecule has 0 aromatic carbocycles. The van der Waals surface area contributed by atoms with Crippen LogP contribution in [0.15, 0.2) is 24.0 Å². The van der Waals surface area contributed by atoms with Crippen molar-refractivity contribution in [2.24, 2.45) is 7.05 Å². The number of hydrogen-bond acceptors (Lipinski definition) is 6. The molecular weight excluding hydrogens is 364 g/mol. The predicted octanol–water partition coefficient (Wildman–Crippen LogP) is 2.28. The molecule has 1 aliphatic rings. The van der Waals surface area contributed by atoms with Gasteiger partial charge in [0.2, 0.25) is 0 Å². The maximum absolute atomic E-state index is 13.3. The zero-order valence-electron chi connectivity index (χ0n) is 15.6. The molecule has 1 amide bonds. The Morgan fingerprint density at radius 1 is 1.41 bits per heavy atom. The van der Waals surface area contributed by atoms with Crippen molar-refractivity contribution in [3.05, 3.63) is 40.2 Å². The van der Waals surface area contributed by atoms with Gasteiger partial charge in [-0.2, -0.15) is 10.2 Å². The summed E-state index contributed by atoms with van der Waals surface area (Å²) in [4.78, 5) is 19.6. The lowest BCUT2D eigenvalue weighted by molar-refractivity contribution is -0.0229. The largest absolute Gasteiger partial charge is 0.367 e. The van der Waals surface area contributed by atoms with Gasteiger partial charge < -0.3 is 9.64 Å². The van der Waals surface area contributed by atoms with Gasteiger partial charge in [-0.3, -0.25) is 14.2 Å². The van der Waals surface area contributed by atoms with Crippen LogP contribution in [0.2, 0.25) is 0 Å². The van der Waals surface area contributed by atoms with E-state index in [1.807, 2.05) is 43.6 Å². The summed E-state index contributed by atoms with van der Waals surface area (Å²) in [6, 6.07) is 0. The highest BCUT2D eigenvalue weighted by molar-refractivity contribution is 7.09. The average molecular weight is 386 g/mol. The molecule has 9 heteroatoms. The van der Waals surface area contributed by atoms with Crippen molar-refractivity contribution in [1.82, 2.24) is 29.4 Å². The Bertz CT molecular complexity index is 959. The van der Waals surface area contributed by atoms with Crippen LogP contribution >= 0.6 is 11.3 Å². The number of hydrogen-bond donors (Lipinski definition) is 0. The molecule has 0 saturated carbocycles. The molecule has 27 heavy (non-hydrogen) atoms. The van der Waals surface area contributed by atoms with E-state index in [4.69, 9.17) is 4.74 Å². The van der Waals surface area contributed by atoms with E-state index >= 15 is 0 Å². The zero-order valence-corrected chi connectivity index (χ0v) is 16.4. The number of aryl methyl sites for hydroxylation is 3. The van der Waals surface area contributed by atoms with E-state index < -0.39 is 0 Å². The Balaban J connectivity index is 1.61. The van der Waals surface area contributed by atoms with Gasteiger partial charge in [-0.15, -0.1) is 11.3 Å². The highest BCUT2D eigenvalue weighted by atomic mass is 32.1. The molecule has 1 atom stereocenters. The van der Waals surface area contributed by atoms with Crippen LogP contribution in [-0.4, -0.2) is 55.0 Å². The summed E-state index contributed by atoms with van der Waals surface area (Å²) in [6.45, 7) is 6.22. The normalized spacial score (nSPS) is 17.4. The lowest BCUT2D eigenvalue weighted by atomic mass is 10.1. The minimum Gasteiger partial charge on any atom is -0.367 e. The van der Waals surface area contributed by atoms with E-state index in [-0.39, 0.29) is 12.0 Å². The number of thiazole rings is 1. The molecular formula is C18H22N6O2S. The minimum atomic E-state index is -0.176. The zero-order chi connectivity index (χ0) is 19.0. The molecule has 0 spiro atoms. The lowest BCUT2D eigenvalue weighted by Gasteiger charge is -2.32. The van der Waals surface area contributed by atoms with Crippen LogP contribution in [0, 0.1) is 6.92 Å². The van der Waals surface area contributed by atoms with Gasteiger partial charge in [-0.25, -0.2) is 4.98 Å². The maximum Gasteiger partial charge on any atom is 0.257 e. The number of aromatic nitrogens is 5. The lowest BCUT2D eigenvalue weighted by Crippen LogP contribution is -2.42. The summed E-state index contributed by atoms with van der Waals surface area (Å²) in [6.07, 6.45) is 5.26. The van der Waals surface area contributed by atoms with E-state index in [0.717, 1.165) is 16.3 Å². The quantitative estimate of drug-likeness (QED) is 0.687. The second-order valence-corrected chi connectivity index (χ2v) is 7.48. The monoisotopic (exact) mass is 386 g/mol. The summed E-state index contributed by atoms with van der Waals surface area (Å²) < 4.78 is 9.36. The van der Waals surface area contributed by atoms with Crippen molar-refractivity contribution in [2.75, 3.05) is 19.7 Å². The summed E-state index contributed by atoms with van der Waals surface area (Å²) in [5.74, 6) is -0.0323. The van der Waals surface area contributed by atoms with Crippen LogP contribution in [0.25, 0.3) is 11.3 Å². The van der Waals surface area contributed by atoms with Gasteiger partial charge in [0, 0.05) is 49.2 Å². The molecule has 0 bridgehead atoms. The SMILES string of the molecule is CCn1cc(C(=O)N2CCOC(c3nc(C)cs3)C2)c(-c2cnn(C)c2)n1. The van der Waals surface area contributed by atoms with Crippen LogP contribution in [0.1, 0.15) is 34.1 Å². The summed E-state index contributed by atoms with van der Waals surface area (Å²) in [5, 5.41) is 11.7. The number of carbonyl (C=O) groups excluding carboxylic acids is 1. The van der Waals surface area contributed by atoms with Gasteiger partial charge in [0.1, 0.15) is 16.8 Å². The molecule has 0 radical (unpaired) electrons. The first kappa shape index (κ1) is 17.9. The number of nitrogens with zero attached hydrogens (tertiary/aromatic N) is 6. The standard InChI is InChI=1S/C18H22N6O2S/c1-4-24-9-14(16(21-24)13-7-19-22(3)8-13)18(25)23-5-6-26-15(10-23)17-20-12(2)11-27-17/h7-9,11,15H,4-6,10H2,1-3H3. The van der Waals surface area contributed by atoms with E-state index in [2.05, 4.69) is 15.2 Å². The maximum atomic E-state index is 13.3. The second-order valence-electron chi connectivity index (χ2n) is 6.59. The Labute approximate surface area is 161 Å². The number of carbonyl (C=O) groups is 1. The third-order valence-electron chi connectivity index (χ3n) is 4.56. The minimum absolute atomic E-state index is 0.0323. The van der Waals surface area contributed by atoms with E-state index in [1.54, 1.807) is 26.9 Å². The van der Waals surface area contributed by atoms with Crippen molar-refractivity contribution in [3.63, 3.8) is 0 Å². The first-order chi connectivity index (χ1) is 13.0. The summed E-state index contributed by atoms with van der Waals surface area (Å²) >= 11 is 1.57. The molecule has 1 saturated heterocycles. The van der Waals surface area contributed by atoms with Gasteiger partial charge in [0.05, 0.1) is 24.9 Å². The summed E-state index contributed by atoms with van der Waals surface area (Å²) in [7, 11) is 1.85. The third-order valence-corrected chi connectivity index (χ3v) is 5.61. The van der Waals surface area contributed by atoms with Crippen LogP contribution < -0.4 is 0 Å². The summed E-state index contributed by atoms with van der Waals surface area (Å²) in [5.41, 5.74) is 3.09. The van der Waals surface area contributed by atoms with Crippen molar-refractivity contribution < 1.29 is 9.53 Å². The van der Waals surface area contributed by atoms with Gasteiger partial charge in [-0.1, -0.05) is 0 Å². The number of morpholine rings is 1. The van der Waals surface area contributed by atoms with Crippen molar-refractivity contribution >= 4 is 17.2 Å². The first-order valence-corrected chi connectivity index (χ1v) is 9.82. The van der Waals surface area contributed by atoms with Crippen molar-refractivity contribution in [3.8, 4) is 11.3 Å². The highest BCUT2D eigenvalue weighted by Gasteiger charge is 2.30. The molecule has 1 fully saturated rings. The van der Waals surface area contributed by atoms with Crippen LogP contribution in [0.3, 0.4) is 0 Å². The number of rotatable bonds is 4. The van der Waals surface area contributed by atoms with Crippen LogP contribution in [-0.2, 0) is 18.3 Å². The predicted molar refractivity (Wildman–Crippen MR) is 102 cm³/mol. The molecule has 0 N–H and O–H groups in total. The highest BCUT2D eigenvalue weighted by Crippen LogP contribution is 2.28. The van der Waals surface area contributed by atoms with Gasteiger partial charge in [0.15, 0.2) is 0 Å².